The summed E-state index contributed by atoms with van der Waals surface area (Å²) in [6.07, 6.45) is 3.08. The van der Waals surface area contributed by atoms with Crippen molar-refractivity contribution in [2.45, 2.75) is 13.5 Å². The van der Waals surface area contributed by atoms with E-state index in [-0.39, 0.29) is 5.96 Å². The third-order valence-corrected chi connectivity index (χ3v) is 2.63. The van der Waals surface area contributed by atoms with E-state index in [0.29, 0.717) is 18.2 Å². The lowest BCUT2D eigenvalue weighted by Gasteiger charge is -2.20. The highest BCUT2D eigenvalue weighted by molar-refractivity contribution is 6.29. The molecule has 1 rings (SSSR count). The molecule has 0 aliphatic rings. The van der Waals surface area contributed by atoms with Gasteiger partial charge in [0.15, 0.2) is 5.03 Å². The van der Waals surface area contributed by atoms with Crippen LogP contribution in [-0.4, -0.2) is 52.8 Å². The van der Waals surface area contributed by atoms with E-state index in [2.05, 4.69) is 15.1 Å². The zero-order valence-corrected chi connectivity index (χ0v) is 12.9. The second kappa shape index (κ2) is 8.15. The molecule has 0 radical (unpaired) electrons. The Balaban J connectivity index is 2.96. The average molecular weight is 313 g/mol. The fourth-order valence-corrected chi connectivity index (χ4v) is 1.57. The molecule has 0 amide bonds. The first kappa shape index (κ1) is 16.8. The Morgan fingerprint density at radius 1 is 1.52 bits per heavy atom. The van der Waals surface area contributed by atoms with Gasteiger partial charge in [0.05, 0.1) is 6.34 Å². The van der Waals surface area contributed by atoms with Crippen LogP contribution in [0, 0.1) is 10.1 Å². The molecule has 8 nitrogen and oxygen atoms in total. The Labute approximate surface area is 127 Å². The predicted molar refractivity (Wildman–Crippen MR) is 81.9 cm³/mol. The van der Waals surface area contributed by atoms with E-state index in [1.54, 1.807) is 42.2 Å². The van der Waals surface area contributed by atoms with Crippen LogP contribution in [0.4, 0.5) is 0 Å². The molecule has 0 N–H and O–H groups in total. The van der Waals surface area contributed by atoms with Crippen LogP contribution in [0.15, 0.2) is 28.4 Å². The predicted octanol–water partition coefficient (Wildman–Crippen LogP) is 1.69. The molecule has 1 aromatic heterocycles. The first-order valence-corrected chi connectivity index (χ1v) is 6.59. The fraction of sp³-hybridized carbons (Fsp3) is 0.417. The monoisotopic (exact) mass is 312 g/mol. The van der Waals surface area contributed by atoms with Crippen molar-refractivity contribution >= 4 is 23.9 Å². The summed E-state index contributed by atoms with van der Waals surface area (Å²) < 4.78 is 0. The van der Waals surface area contributed by atoms with E-state index in [4.69, 9.17) is 11.6 Å². The van der Waals surface area contributed by atoms with Crippen LogP contribution in [-0.2, 0) is 6.54 Å². The zero-order valence-electron chi connectivity index (χ0n) is 12.1. The molecule has 0 aliphatic carbocycles. The molecule has 0 bridgehead atoms. The fourth-order valence-electron chi connectivity index (χ4n) is 1.46. The number of hydrogen-bond acceptors (Lipinski definition) is 3. The Bertz CT molecular complexity index is 529. The number of rotatable bonds is 5. The van der Waals surface area contributed by atoms with Crippen LogP contribution < -0.4 is 0 Å². The van der Waals surface area contributed by atoms with Crippen LogP contribution in [0.3, 0.4) is 0 Å². The molecule has 0 aromatic carbocycles. The first-order chi connectivity index (χ1) is 9.92. The van der Waals surface area contributed by atoms with E-state index in [0.717, 1.165) is 5.56 Å². The van der Waals surface area contributed by atoms with Gasteiger partial charge in [-0.15, -0.1) is 0 Å². The van der Waals surface area contributed by atoms with Gasteiger partial charge in [0.1, 0.15) is 10.3 Å². The van der Waals surface area contributed by atoms with E-state index >= 15 is 0 Å². The molecule has 0 atom stereocenters. The average Bonchev–Trinajstić information content (AvgIpc) is 2.42. The van der Waals surface area contributed by atoms with Crippen molar-refractivity contribution < 1.29 is 5.03 Å². The van der Waals surface area contributed by atoms with E-state index in [1.807, 2.05) is 6.92 Å². The molecule has 1 heterocycles. The third-order valence-electron chi connectivity index (χ3n) is 2.40. The van der Waals surface area contributed by atoms with Crippen molar-refractivity contribution in [1.29, 1.82) is 0 Å². The number of nitro groups is 1. The van der Waals surface area contributed by atoms with Gasteiger partial charge in [0.25, 0.3) is 5.96 Å². The Morgan fingerprint density at radius 2 is 2.24 bits per heavy atom. The van der Waals surface area contributed by atoms with Gasteiger partial charge in [0, 0.05) is 33.4 Å². The lowest BCUT2D eigenvalue weighted by Crippen LogP contribution is -2.30. The Hall–Kier alpha value is -2.22. The van der Waals surface area contributed by atoms with Gasteiger partial charge in [-0.1, -0.05) is 17.7 Å². The van der Waals surface area contributed by atoms with Gasteiger partial charge >= 0.3 is 0 Å². The molecule has 114 valence electrons. The highest BCUT2D eigenvalue weighted by Crippen LogP contribution is 2.09. The van der Waals surface area contributed by atoms with Gasteiger partial charge in [0.2, 0.25) is 0 Å². The normalized spacial score (nSPS) is 11.7. The van der Waals surface area contributed by atoms with Gasteiger partial charge in [-0.05, 0) is 18.6 Å². The smallest absolute Gasteiger partial charge is 0.299 e. The van der Waals surface area contributed by atoms with Crippen molar-refractivity contribution in [2.75, 3.05) is 20.6 Å². The van der Waals surface area contributed by atoms with Crippen LogP contribution in [0.1, 0.15) is 12.5 Å². The minimum atomic E-state index is -0.759. The second-order valence-corrected chi connectivity index (χ2v) is 4.74. The van der Waals surface area contributed by atoms with Crippen molar-refractivity contribution in [3.05, 3.63) is 39.2 Å². The van der Waals surface area contributed by atoms with E-state index < -0.39 is 5.03 Å². The third kappa shape index (κ3) is 6.17. The maximum Gasteiger partial charge on any atom is 0.299 e. The standard InChI is InChI=1S/C12H17ClN6O2/c1-4-18(8-10-5-6-11(13)14-7-10)12(16-19(20)21)15-9-17(2)3/h5-7,9H,4,8H2,1-3H3. The highest BCUT2D eigenvalue weighted by atomic mass is 35.5. The van der Waals surface area contributed by atoms with Crippen molar-refractivity contribution in [3.63, 3.8) is 0 Å². The van der Waals surface area contributed by atoms with Crippen molar-refractivity contribution in [3.8, 4) is 0 Å². The number of guanidine groups is 1. The lowest BCUT2D eigenvalue weighted by molar-refractivity contribution is -0.485. The molecular weight excluding hydrogens is 296 g/mol. The summed E-state index contributed by atoms with van der Waals surface area (Å²) in [5.41, 5.74) is 0.859. The molecule has 0 saturated heterocycles. The first-order valence-electron chi connectivity index (χ1n) is 6.21. The maximum atomic E-state index is 10.6. The summed E-state index contributed by atoms with van der Waals surface area (Å²) in [6, 6.07) is 3.47. The van der Waals surface area contributed by atoms with Crippen molar-refractivity contribution in [1.82, 2.24) is 14.8 Å². The summed E-state index contributed by atoms with van der Waals surface area (Å²) in [7, 11) is 3.54. The molecule has 1 aromatic rings. The van der Waals surface area contributed by atoms with E-state index in [1.165, 1.54) is 6.34 Å². The molecule has 0 spiro atoms. The number of pyridine rings is 1. The molecule has 9 heteroatoms. The lowest BCUT2D eigenvalue weighted by atomic mass is 10.2. The minimum Gasteiger partial charge on any atom is -0.369 e. The second-order valence-electron chi connectivity index (χ2n) is 4.35. The number of hydrogen-bond donors (Lipinski definition) is 0. The number of aromatic nitrogens is 1. The van der Waals surface area contributed by atoms with E-state index in [9.17, 15) is 10.1 Å². The van der Waals surface area contributed by atoms with Crippen LogP contribution in [0.25, 0.3) is 0 Å². The molecule has 21 heavy (non-hydrogen) atoms. The molecule has 0 aliphatic heterocycles. The van der Waals surface area contributed by atoms with Gasteiger partial charge in [-0.25, -0.2) is 15.1 Å². The molecule has 0 fully saturated rings. The number of aliphatic imine (C=N–C) groups is 1. The van der Waals surface area contributed by atoms with Gasteiger partial charge in [-0.3, -0.25) is 0 Å². The summed E-state index contributed by atoms with van der Waals surface area (Å²) in [4.78, 5) is 22.0. The zero-order chi connectivity index (χ0) is 15.8. The van der Waals surface area contributed by atoms with Crippen LogP contribution >= 0.6 is 11.6 Å². The minimum absolute atomic E-state index is 0.0335. The van der Waals surface area contributed by atoms with Crippen molar-refractivity contribution in [2.24, 2.45) is 10.1 Å². The summed E-state index contributed by atoms with van der Waals surface area (Å²) in [6.45, 7) is 2.78. The molecule has 0 unspecified atom stereocenters. The van der Waals surface area contributed by atoms with Crippen LogP contribution in [0.5, 0.6) is 0 Å². The molecule has 0 saturated carbocycles. The van der Waals surface area contributed by atoms with Crippen LogP contribution in [0.2, 0.25) is 5.15 Å². The summed E-state index contributed by atoms with van der Waals surface area (Å²) >= 11 is 5.73. The topological polar surface area (TPSA) is 87.2 Å². The Kier molecular flexibility index (Phi) is 6.54. The Morgan fingerprint density at radius 3 is 2.71 bits per heavy atom. The quantitative estimate of drug-likeness (QED) is 0.271. The molecular formula is C12H17ClN6O2. The highest BCUT2D eigenvalue weighted by Gasteiger charge is 2.13. The summed E-state index contributed by atoms with van der Waals surface area (Å²) in [5.74, 6) is 0.0335. The van der Waals surface area contributed by atoms with Gasteiger partial charge < -0.3 is 9.80 Å². The number of hydrazone groups is 1. The van der Waals surface area contributed by atoms with Gasteiger partial charge in [-0.2, -0.15) is 4.99 Å². The maximum absolute atomic E-state index is 10.6. The summed E-state index contributed by atoms with van der Waals surface area (Å²) in [5, 5.41) is 13.6. The SMILES string of the molecule is CCN(Cc1ccc(Cl)nc1)C(N=CN(C)C)=N[N+](=O)[O-]. The number of nitrogens with zero attached hydrogens (tertiary/aromatic N) is 6. The number of halogens is 1. The largest absolute Gasteiger partial charge is 0.369 e.